The van der Waals surface area contributed by atoms with Crippen LogP contribution in [-0.4, -0.2) is 9.55 Å². The molecule has 0 unspecified atom stereocenters. The summed E-state index contributed by atoms with van der Waals surface area (Å²) in [4.78, 5) is 5.96. The van der Waals surface area contributed by atoms with Gasteiger partial charge in [-0.15, -0.1) is 11.3 Å². The maximum absolute atomic E-state index is 6.11. The number of fused-ring (bicyclic) bond motifs is 1. The van der Waals surface area contributed by atoms with Crippen LogP contribution in [0.3, 0.4) is 0 Å². The molecule has 0 saturated heterocycles. The Hall–Kier alpha value is -2.59. The highest BCUT2D eigenvalue weighted by Gasteiger charge is 2.15. The summed E-state index contributed by atoms with van der Waals surface area (Å²) in [6.07, 6.45) is 0. The molecule has 2 heterocycles. The molecule has 0 aliphatic rings. The lowest BCUT2D eigenvalue weighted by Gasteiger charge is -2.08. The minimum atomic E-state index is 0.724. The Bertz CT molecular complexity index is 908. The van der Waals surface area contributed by atoms with Crippen molar-refractivity contribution >= 4 is 28.1 Å². The number of nitrogens with zero attached hydrogens (tertiary/aromatic N) is 2. The number of benzene rings is 2. The summed E-state index contributed by atoms with van der Waals surface area (Å²) in [6, 6.07) is 20.6. The quantitative estimate of drug-likeness (QED) is 0.570. The Labute approximate surface area is 132 Å². The fourth-order valence-corrected chi connectivity index (χ4v) is 3.41. The second-order valence-corrected chi connectivity index (χ2v) is 6.15. The van der Waals surface area contributed by atoms with Crippen molar-refractivity contribution in [3.8, 4) is 10.7 Å². The first-order valence-corrected chi connectivity index (χ1v) is 8.03. The third-order valence-electron chi connectivity index (χ3n) is 3.74. The molecule has 0 amide bonds. The third kappa shape index (κ3) is 2.18. The monoisotopic (exact) mass is 305 g/mol. The van der Waals surface area contributed by atoms with Crippen LogP contribution >= 0.6 is 11.3 Å². The van der Waals surface area contributed by atoms with E-state index < -0.39 is 0 Å². The van der Waals surface area contributed by atoms with E-state index in [9.17, 15) is 0 Å². The molecule has 2 aromatic heterocycles. The fourth-order valence-electron chi connectivity index (χ4n) is 2.69. The zero-order chi connectivity index (χ0) is 14.9. The van der Waals surface area contributed by atoms with Gasteiger partial charge in [0.15, 0.2) is 5.82 Å². The van der Waals surface area contributed by atoms with Crippen LogP contribution in [0.2, 0.25) is 0 Å². The van der Waals surface area contributed by atoms with Gasteiger partial charge in [-0.2, -0.15) is 0 Å². The molecule has 0 spiro atoms. The number of para-hydroxylation sites is 1. The molecule has 0 aliphatic carbocycles. The third-order valence-corrected chi connectivity index (χ3v) is 4.60. The molecular formula is C18H15N3S. The van der Waals surface area contributed by atoms with Crippen LogP contribution in [-0.2, 0) is 6.54 Å². The zero-order valence-electron chi connectivity index (χ0n) is 11.9. The van der Waals surface area contributed by atoms with Gasteiger partial charge in [0, 0.05) is 6.54 Å². The summed E-state index contributed by atoms with van der Waals surface area (Å²) >= 11 is 1.70. The van der Waals surface area contributed by atoms with Crippen molar-refractivity contribution in [1.29, 1.82) is 0 Å². The van der Waals surface area contributed by atoms with E-state index in [4.69, 9.17) is 10.7 Å². The van der Waals surface area contributed by atoms with E-state index in [1.807, 2.05) is 18.2 Å². The topological polar surface area (TPSA) is 43.8 Å². The first kappa shape index (κ1) is 13.1. The minimum absolute atomic E-state index is 0.724. The zero-order valence-corrected chi connectivity index (χ0v) is 12.8. The van der Waals surface area contributed by atoms with E-state index in [1.54, 1.807) is 11.3 Å². The van der Waals surface area contributed by atoms with Crippen LogP contribution in [0.4, 0.5) is 5.69 Å². The number of nitrogens with two attached hydrogens (primary N) is 1. The van der Waals surface area contributed by atoms with Crippen molar-refractivity contribution in [2.45, 2.75) is 6.54 Å². The van der Waals surface area contributed by atoms with E-state index >= 15 is 0 Å². The minimum Gasteiger partial charge on any atom is -0.397 e. The summed E-state index contributed by atoms with van der Waals surface area (Å²) in [7, 11) is 0. The van der Waals surface area contributed by atoms with Gasteiger partial charge < -0.3 is 10.3 Å². The molecule has 3 nitrogen and oxygen atoms in total. The summed E-state index contributed by atoms with van der Waals surface area (Å²) in [6.45, 7) is 0.786. The molecule has 0 saturated carbocycles. The molecule has 0 aliphatic heterocycles. The molecule has 0 atom stereocenters. The molecule has 2 aromatic carbocycles. The molecule has 22 heavy (non-hydrogen) atoms. The Balaban J connectivity index is 1.94. The Morgan fingerprint density at radius 1 is 0.955 bits per heavy atom. The van der Waals surface area contributed by atoms with Gasteiger partial charge in [-0.05, 0) is 29.1 Å². The summed E-state index contributed by atoms with van der Waals surface area (Å²) < 4.78 is 2.24. The summed E-state index contributed by atoms with van der Waals surface area (Å²) in [5.74, 6) is 0.978. The molecule has 4 rings (SSSR count). The molecule has 0 radical (unpaired) electrons. The molecule has 0 bridgehead atoms. The number of imidazole rings is 1. The van der Waals surface area contributed by atoms with E-state index in [2.05, 4.69) is 52.4 Å². The fraction of sp³-hybridized carbons (Fsp3) is 0.0556. The number of hydrogen-bond donors (Lipinski definition) is 1. The number of nitrogen functional groups attached to an aromatic ring is 1. The predicted molar refractivity (Wildman–Crippen MR) is 93.0 cm³/mol. The van der Waals surface area contributed by atoms with Gasteiger partial charge in [0.05, 0.1) is 16.1 Å². The molecule has 0 fully saturated rings. The Morgan fingerprint density at radius 3 is 2.59 bits per heavy atom. The van der Waals surface area contributed by atoms with Gasteiger partial charge in [0.2, 0.25) is 0 Å². The average Bonchev–Trinajstić information content (AvgIpc) is 3.17. The summed E-state index contributed by atoms with van der Waals surface area (Å²) in [5.41, 5.74) is 10.0. The van der Waals surface area contributed by atoms with E-state index in [-0.39, 0.29) is 0 Å². The van der Waals surface area contributed by atoms with Crippen molar-refractivity contribution in [3.63, 3.8) is 0 Å². The molecule has 108 valence electrons. The Morgan fingerprint density at radius 2 is 1.82 bits per heavy atom. The SMILES string of the molecule is Nc1cccc2c1nc(-c1cccs1)n2Cc1ccccc1. The van der Waals surface area contributed by atoms with E-state index in [0.29, 0.717) is 0 Å². The van der Waals surface area contributed by atoms with E-state index in [0.717, 1.165) is 34.0 Å². The number of anilines is 1. The normalized spacial score (nSPS) is 11.1. The number of aromatic nitrogens is 2. The van der Waals surface area contributed by atoms with Crippen LogP contribution in [0, 0.1) is 0 Å². The lowest BCUT2D eigenvalue weighted by Crippen LogP contribution is -2.01. The number of hydrogen-bond acceptors (Lipinski definition) is 3. The van der Waals surface area contributed by atoms with Crippen molar-refractivity contribution in [3.05, 3.63) is 71.6 Å². The molecular weight excluding hydrogens is 290 g/mol. The molecule has 4 aromatic rings. The van der Waals surface area contributed by atoms with Crippen molar-refractivity contribution < 1.29 is 0 Å². The van der Waals surface area contributed by atoms with Crippen LogP contribution in [0.1, 0.15) is 5.56 Å². The highest BCUT2D eigenvalue weighted by molar-refractivity contribution is 7.13. The van der Waals surface area contributed by atoms with Crippen LogP contribution in [0.15, 0.2) is 66.0 Å². The maximum atomic E-state index is 6.11. The largest absolute Gasteiger partial charge is 0.397 e. The highest BCUT2D eigenvalue weighted by Crippen LogP contribution is 2.31. The molecule has 2 N–H and O–H groups in total. The van der Waals surface area contributed by atoms with Crippen LogP contribution < -0.4 is 5.73 Å². The lowest BCUT2D eigenvalue weighted by molar-refractivity contribution is 0.836. The van der Waals surface area contributed by atoms with Gasteiger partial charge in [-0.25, -0.2) is 4.98 Å². The van der Waals surface area contributed by atoms with Gasteiger partial charge in [0.1, 0.15) is 5.52 Å². The van der Waals surface area contributed by atoms with Crippen molar-refractivity contribution in [2.75, 3.05) is 5.73 Å². The van der Waals surface area contributed by atoms with Gasteiger partial charge >= 0.3 is 0 Å². The van der Waals surface area contributed by atoms with Crippen molar-refractivity contribution in [1.82, 2.24) is 9.55 Å². The predicted octanol–water partition coefficient (Wildman–Crippen LogP) is 4.40. The van der Waals surface area contributed by atoms with Crippen LogP contribution in [0.25, 0.3) is 21.7 Å². The van der Waals surface area contributed by atoms with E-state index in [1.165, 1.54) is 5.56 Å². The van der Waals surface area contributed by atoms with Gasteiger partial charge in [-0.3, -0.25) is 0 Å². The second-order valence-electron chi connectivity index (χ2n) is 5.20. The van der Waals surface area contributed by atoms with Crippen LogP contribution in [0.5, 0.6) is 0 Å². The first-order chi connectivity index (χ1) is 10.8. The average molecular weight is 305 g/mol. The lowest BCUT2D eigenvalue weighted by atomic mass is 10.2. The standard InChI is InChI=1S/C18H15N3S/c19-14-8-4-9-15-17(14)20-18(16-10-5-11-22-16)21(15)12-13-6-2-1-3-7-13/h1-11H,12,19H2. The van der Waals surface area contributed by atoms with Gasteiger partial charge in [-0.1, -0.05) is 42.5 Å². The Kier molecular flexibility index (Phi) is 3.16. The summed E-state index contributed by atoms with van der Waals surface area (Å²) in [5, 5.41) is 2.07. The van der Waals surface area contributed by atoms with Gasteiger partial charge in [0.25, 0.3) is 0 Å². The smallest absolute Gasteiger partial charge is 0.151 e. The second kappa shape index (κ2) is 5.31. The number of thiophene rings is 1. The molecule has 4 heteroatoms. The first-order valence-electron chi connectivity index (χ1n) is 7.15. The van der Waals surface area contributed by atoms with Crippen molar-refractivity contribution in [2.24, 2.45) is 0 Å². The maximum Gasteiger partial charge on any atom is 0.151 e. The highest BCUT2D eigenvalue weighted by atomic mass is 32.1. The number of rotatable bonds is 3.